The molecule has 1 aromatic rings. The molecule has 162 valence electrons. The molecular weight excluding hydrogens is 396 g/mol. The lowest BCUT2D eigenvalue weighted by Crippen LogP contribution is -2.45. The summed E-state index contributed by atoms with van der Waals surface area (Å²) in [5.74, 6) is -0.673. The van der Waals surface area contributed by atoms with E-state index in [1.807, 2.05) is 0 Å². The van der Waals surface area contributed by atoms with Crippen molar-refractivity contribution >= 4 is 14.3 Å². The Labute approximate surface area is 170 Å². The van der Waals surface area contributed by atoms with Gasteiger partial charge >= 0.3 is 11.7 Å². The molecule has 0 bridgehead atoms. The molecular formula is C19H30N2O7Si. The number of aromatic nitrogens is 2. The van der Waals surface area contributed by atoms with Crippen LogP contribution < -0.4 is 11.2 Å². The molecule has 0 spiro atoms. The van der Waals surface area contributed by atoms with Gasteiger partial charge in [-0.15, -0.1) is 0 Å². The molecule has 29 heavy (non-hydrogen) atoms. The first-order chi connectivity index (χ1) is 13.4. The van der Waals surface area contributed by atoms with Gasteiger partial charge in [0.1, 0.15) is 12.2 Å². The summed E-state index contributed by atoms with van der Waals surface area (Å²) in [5.41, 5.74) is -1.29. The fraction of sp³-hybridized carbons (Fsp3) is 0.632. The summed E-state index contributed by atoms with van der Waals surface area (Å²) < 4.78 is 18.4. The maximum atomic E-state index is 12.2. The first-order valence-corrected chi connectivity index (χ1v) is 12.4. The van der Waals surface area contributed by atoms with Crippen molar-refractivity contribution in [2.75, 3.05) is 6.61 Å². The number of carbonyl (C=O) groups excluding carboxylic acids is 1. The van der Waals surface area contributed by atoms with Gasteiger partial charge in [-0.05, 0) is 25.1 Å². The largest absolute Gasteiger partial charge is 0.451 e. The molecule has 1 fully saturated rings. The number of hydrogen-bond acceptors (Lipinski definition) is 7. The molecule has 0 aliphatic carbocycles. The Kier molecular flexibility index (Phi) is 7.04. The number of rotatable bonds is 6. The molecule has 4 atom stereocenters. The molecule has 1 saturated heterocycles. The zero-order valence-corrected chi connectivity index (χ0v) is 18.7. The van der Waals surface area contributed by atoms with Crippen molar-refractivity contribution in [3.63, 3.8) is 0 Å². The molecule has 0 saturated carbocycles. The van der Waals surface area contributed by atoms with Gasteiger partial charge in [-0.1, -0.05) is 26.8 Å². The van der Waals surface area contributed by atoms with E-state index in [0.29, 0.717) is 0 Å². The van der Waals surface area contributed by atoms with Crippen LogP contribution >= 0.6 is 0 Å². The molecule has 0 amide bonds. The number of nitrogens with one attached hydrogen (secondary N) is 1. The molecule has 0 unspecified atom stereocenters. The van der Waals surface area contributed by atoms with Gasteiger partial charge in [0.25, 0.3) is 5.56 Å². The maximum absolute atomic E-state index is 12.2. The Morgan fingerprint density at radius 1 is 1.38 bits per heavy atom. The van der Waals surface area contributed by atoms with Crippen molar-refractivity contribution in [3.05, 3.63) is 45.3 Å². The average Bonchev–Trinajstić information content (AvgIpc) is 2.88. The fourth-order valence-electron chi connectivity index (χ4n) is 2.65. The Morgan fingerprint density at radius 3 is 2.59 bits per heavy atom. The molecule has 0 aromatic carbocycles. The third-order valence-corrected chi connectivity index (χ3v) is 9.91. The van der Waals surface area contributed by atoms with E-state index in [0.717, 1.165) is 10.6 Å². The minimum absolute atomic E-state index is 0.0381. The number of allylic oxidation sites excluding steroid dienone is 1. The predicted molar refractivity (Wildman–Crippen MR) is 109 cm³/mol. The predicted octanol–water partition coefficient (Wildman–Crippen LogP) is 1.30. The first kappa shape index (κ1) is 23.3. The number of aromatic amines is 1. The lowest BCUT2D eigenvalue weighted by Gasteiger charge is -2.37. The first-order valence-electron chi connectivity index (χ1n) is 9.49. The number of esters is 1. The summed E-state index contributed by atoms with van der Waals surface area (Å²) in [6.45, 7) is 12.2. The Hall–Kier alpha value is -2.01. The highest BCUT2D eigenvalue weighted by Crippen LogP contribution is 2.38. The highest BCUT2D eigenvalue weighted by atomic mass is 28.4. The summed E-state index contributed by atoms with van der Waals surface area (Å²) in [5, 5.41) is 10.7. The molecule has 2 N–H and O–H groups in total. The Balaban J connectivity index is 2.29. The molecule has 1 aliphatic rings. The molecule has 9 nitrogen and oxygen atoms in total. The van der Waals surface area contributed by atoms with Crippen LogP contribution in [-0.2, 0) is 18.7 Å². The molecule has 10 heteroatoms. The van der Waals surface area contributed by atoms with Gasteiger partial charge in [0.2, 0.25) is 0 Å². The second-order valence-electron chi connectivity index (χ2n) is 8.55. The second kappa shape index (κ2) is 8.78. The SMILES string of the molecule is C/C=C/C(=O)O[C@@H]1[C@H](O)[C@@H](CO[Si](C)(C)C(C)(C)C)O[C@H]1n1ccc(=O)[nH]c1=O. The van der Waals surface area contributed by atoms with Gasteiger partial charge in [0.15, 0.2) is 20.6 Å². The molecule has 1 aliphatic heterocycles. The third-order valence-electron chi connectivity index (χ3n) is 5.41. The normalized spacial score (nSPS) is 25.5. The van der Waals surface area contributed by atoms with Gasteiger partial charge in [-0.3, -0.25) is 14.3 Å². The van der Waals surface area contributed by atoms with Crippen LogP contribution in [0.2, 0.25) is 18.1 Å². The van der Waals surface area contributed by atoms with Gasteiger partial charge in [-0.2, -0.15) is 0 Å². The summed E-state index contributed by atoms with van der Waals surface area (Å²) in [6.07, 6.45) is -0.310. The molecule has 2 rings (SSSR count). The van der Waals surface area contributed by atoms with E-state index in [2.05, 4.69) is 38.8 Å². The van der Waals surface area contributed by atoms with E-state index in [1.54, 1.807) is 6.92 Å². The molecule has 1 aromatic heterocycles. The Morgan fingerprint density at radius 2 is 2.03 bits per heavy atom. The number of carbonyl (C=O) groups is 1. The number of H-pyrrole nitrogens is 1. The van der Waals surface area contributed by atoms with E-state index >= 15 is 0 Å². The molecule has 0 radical (unpaired) electrons. The standard InChI is InChI=1S/C19H30N2O7Si/c1-7-8-14(23)28-16-15(24)12(11-26-29(5,6)19(2,3)4)27-17(16)21-10-9-13(22)20-18(21)25/h7-10,12,15-17,24H,11H2,1-6H3,(H,20,22,25)/b8-7+/t12-,15-,16-,17-/m1/s1. The fourth-order valence-corrected chi connectivity index (χ4v) is 3.67. The summed E-state index contributed by atoms with van der Waals surface area (Å²) in [4.78, 5) is 37.7. The van der Waals surface area contributed by atoms with Crippen molar-refractivity contribution in [1.29, 1.82) is 0 Å². The number of hydrogen-bond donors (Lipinski definition) is 2. The maximum Gasteiger partial charge on any atom is 0.330 e. The van der Waals surface area contributed by atoms with Crippen molar-refractivity contribution in [1.82, 2.24) is 9.55 Å². The topological polar surface area (TPSA) is 120 Å². The number of ether oxygens (including phenoxy) is 2. The monoisotopic (exact) mass is 426 g/mol. The minimum Gasteiger partial charge on any atom is -0.451 e. The van der Waals surface area contributed by atoms with Crippen LogP contribution in [0.15, 0.2) is 34.0 Å². The van der Waals surface area contributed by atoms with Crippen LogP contribution in [-0.4, -0.2) is 53.9 Å². The van der Waals surface area contributed by atoms with Crippen molar-refractivity contribution in [2.24, 2.45) is 0 Å². The highest BCUT2D eigenvalue weighted by Gasteiger charge is 2.48. The summed E-state index contributed by atoms with van der Waals surface area (Å²) in [7, 11) is -2.11. The van der Waals surface area contributed by atoms with Gasteiger partial charge in [0.05, 0.1) is 6.61 Å². The lowest BCUT2D eigenvalue weighted by atomic mass is 10.1. The van der Waals surface area contributed by atoms with Crippen LogP contribution in [0.5, 0.6) is 0 Å². The smallest absolute Gasteiger partial charge is 0.330 e. The third kappa shape index (κ3) is 5.33. The van der Waals surface area contributed by atoms with Crippen LogP contribution in [0, 0.1) is 0 Å². The number of aliphatic hydroxyl groups is 1. The van der Waals surface area contributed by atoms with Crippen LogP contribution in [0.25, 0.3) is 0 Å². The van der Waals surface area contributed by atoms with E-state index in [-0.39, 0.29) is 11.6 Å². The average molecular weight is 427 g/mol. The highest BCUT2D eigenvalue weighted by molar-refractivity contribution is 6.74. The van der Waals surface area contributed by atoms with E-state index in [9.17, 15) is 19.5 Å². The second-order valence-corrected chi connectivity index (χ2v) is 13.4. The van der Waals surface area contributed by atoms with E-state index in [1.165, 1.54) is 18.3 Å². The zero-order valence-electron chi connectivity index (χ0n) is 17.7. The van der Waals surface area contributed by atoms with Gasteiger partial charge in [-0.25, -0.2) is 9.59 Å². The lowest BCUT2D eigenvalue weighted by molar-refractivity contribution is -0.152. The van der Waals surface area contributed by atoms with Crippen molar-refractivity contribution in [3.8, 4) is 0 Å². The summed E-state index contributed by atoms with van der Waals surface area (Å²) in [6, 6.07) is 1.15. The van der Waals surface area contributed by atoms with Crippen molar-refractivity contribution in [2.45, 2.75) is 70.4 Å². The van der Waals surface area contributed by atoms with Crippen LogP contribution in [0.4, 0.5) is 0 Å². The van der Waals surface area contributed by atoms with E-state index in [4.69, 9.17) is 13.9 Å². The zero-order chi connectivity index (χ0) is 22.0. The van der Waals surface area contributed by atoms with Crippen molar-refractivity contribution < 1.29 is 23.8 Å². The minimum atomic E-state index is -2.11. The molecule has 2 heterocycles. The number of nitrogens with zero attached hydrogens (tertiary/aromatic N) is 1. The van der Waals surface area contributed by atoms with E-state index < -0.39 is 50.1 Å². The summed E-state index contributed by atoms with van der Waals surface area (Å²) >= 11 is 0. The quantitative estimate of drug-likeness (QED) is 0.400. The van der Waals surface area contributed by atoms with Gasteiger partial charge < -0.3 is 19.0 Å². The van der Waals surface area contributed by atoms with Crippen LogP contribution in [0.1, 0.15) is 33.9 Å². The van der Waals surface area contributed by atoms with Gasteiger partial charge in [0, 0.05) is 18.3 Å². The number of aliphatic hydroxyl groups excluding tert-OH is 1. The Bertz CT molecular complexity index is 868. The van der Waals surface area contributed by atoms with Crippen LogP contribution in [0.3, 0.4) is 0 Å².